The molecule has 1 N–H and O–H groups in total. The van der Waals surface area contributed by atoms with Crippen molar-refractivity contribution < 1.29 is 0 Å². The number of hydrogen-bond acceptors (Lipinski definition) is 5. The van der Waals surface area contributed by atoms with Gasteiger partial charge in [-0.2, -0.15) is 0 Å². The van der Waals surface area contributed by atoms with E-state index >= 15 is 0 Å². The molecule has 5 rings (SSSR count). The molecule has 1 aliphatic carbocycles. The second-order valence-corrected chi connectivity index (χ2v) is 9.99. The topological polar surface area (TPSA) is 79.7 Å². The summed E-state index contributed by atoms with van der Waals surface area (Å²) in [5.41, 5.74) is 3.93. The zero-order valence-electron chi connectivity index (χ0n) is 19.5. The van der Waals surface area contributed by atoms with Crippen molar-refractivity contribution in [1.82, 2.24) is 30.1 Å². The van der Waals surface area contributed by atoms with Crippen LogP contribution in [0.4, 0.5) is 0 Å². The number of pyridine rings is 1. The van der Waals surface area contributed by atoms with Crippen LogP contribution in [-0.2, 0) is 0 Å². The summed E-state index contributed by atoms with van der Waals surface area (Å²) in [5.74, 6) is 1.53. The molecule has 0 amide bonds. The van der Waals surface area contributed by atoms with Crippen molar-refractivity contribution in [1.29, 1.82) is 0 Å². The highest BCUT2D eigenvalue weighted by Gasteiger charge is 2.34. The fourth-order valence-corrected chi connectivity index (χ4v) is 5.66. The molecule has 1 aliphatic heterocycles. The Balaban J connectivity index is 1.64. The minimum atomic E-state index is -0.228. The number of H-pyrrole nitrogens is 1. The SMILES string of the molecule is Cc1cc(C)c2[nH]c(=O)c([C@@H](c3nnnn3C3CCCCC3)N3CCC(C)CC3)cc2c1. The summed E-state index contributed by atoms with van der Waals surface area (Å²) in [6, 6.07) is 6.45. The summed E-state index contributed by atoms with van der Waals surface area (Å²) in [6.45, 7) is 8.37. The maximum Gasteiger partial charge on any atom is 0.253 e. The third-order valence-electron chi connectivity index (χ3n) is 7.48. The van der Waals surface area contributed by atoms with Gasteiger partial charge in [0.15, 0.2) is 5.82 Å². The summed E-state index contributed by atoms with van der Waals surface area (Å²) in [6.07, 6.45) is 8.18. The second-order valence-electron chi connectivity index (χ2n) is 9.99. The highest BCUT2D eigenvalue weighted by Crippen LogP contribution is 2.35. The van der Waals surface area contributed by atoms with Crippen molar-refractivity contribution in [3.63, 3.8) is 0 Å². The first kappa shape index (κ1) is 21.3. The van der Waals surface area contributed by atoms with Gasteiger partial charge in [0.25, 0.3) is 5.56 Å². The molecule has 1 saturated carbocycles. The lowest BCUT2D eigenvalue weighted by atomic mass is 9.93. The van der Waals surface area contributed by atoms with Crippen LogP contribution in [0, 0.1) is 19.8 Å². The van der Waals surface area contributed by atoms with Gasteiger partial charge in [-0.3, -0.25) is 9.69 Å². The van der Waals surface area contributed by atoms with E-state index < -0.39 is 0 Å². The molecule has 1 aromatic carbocycles. The molecule has 7 nitrogen and oxygen atoms in total. The van der Waals surface area contributed by atoms with Gasteiger partial charge < -0.3 is 4.98 Å². The molecular formula is C25H34N6O. The first-order valence-electron chi connectivity index (χ1n) is 12.2. The number of fused-ring (bicyclic) bond motifs is 1. The first-order valence-corrected chi connectivity index (χ1v) is 12.2. The maximum atomic E-state index is 13.4. The molecule has 3 heterocycles. The third-order valence-corrected chi connectivity index (χ3v) is 7.48. The molecule has 0 spiro atoms. The summed E-state index contributed by atoms with van der Waals surface area (Å²) in [7, 11) is 0. The number of likely N-dealkylation sites (tertiary alicyclic amines) is 1. The van der Waals surface area contributed by atoms with Crippen LogP contribution in [0.15, 0.2) is 23.0 Å². The Labute approximate surface area is 189 Å². The molecule has 0 unspecified atom stereocenters. The Bertz CT molecular complexity index is 1150. The third kappa shape index (κ3) is 3.98. The molecule has 3 aromatic rings. The smallest absolute Gasteiger partial charge is 0.253 e. The van der Waals surface area contributed by atoms with Crippen LogP contribution in [0.25, 0.3) is 10.9 Å². The van der Waals surface area contributed by atoms with Gasteiger partial charge in [-0.25, -0.2) is 4.68 Å². The number of nitrogens with one attached hydrogen (secondary N) is 1. The minimum Gasteiger partial charge on any atom is -0.321 e. The lowest BCUT2D eigenvalue weighted by Gasteiger charge is -2.36. The van der Waals surface area contributed by atoms with Crippen molar-refractivity contribution in [3.05, 3.63) is 51.1 Å². The lowest BCUT2D eigenvalue weighted by molar-refractivity contribution is 0.146. The van der Waals surface area contributed by atoms with Crippen molar-refractivity contribution in [2.24, 2.45) is 5.92 Å². The molecule has 0 bridgehead atoms. The van der Waals surface area contributed by atoms with Crippen LogP contribution >= 0.6 is 0 Å². The van der Waals surface area contributed by atoms with E-state index in [1.54, 1.807) is 0 Å². The lowest BCUT2D eigenvalue weighted by Crippen LogP contribution is -2.40. The standard InChI is InChI=1S/C25H34N6O/c1-16-9-11-30(12-10-16)23(24-27-28-29-31(24)20-7-5-4-6-8-20)21-15-19-14-17(2)13-18(3)22(19)26-25(21)32/h13-16,20,23H,4-12H2,1-3H3,(H,26,32)/t23-/m0/s1. The normalized spacial score (nSPS) is 20.1. The largest absolute Gasteiger partial charge is 0.321 e. The van der Waals surface area contributed by atoms with E-state index in [9.17, 15) is 4.79 Å². The van der Waals surface area contributed by atoms with Crippen molar-refractivity contribution in [2.75, 3.05) is 13.1 Å². The summed E-state index contributed by atoms with van der Waals surface area (Å²) in [4.78, 5) is 19.0. The maximum absolute atomic E-state index is 13.4. The van der Waals surface area contributed by atoms with Crippen LogP contribution in [0.2, 0.25) is 0 Å². The highest BCUT2D eigenvalue weighted by atomic mass is 16.1. The minimum absolute atomic E-state index is 0.0359. The van der Waals surface area contributed by atoms with E-state index in [0.717, 1.165) is 66.6 Å². The van der Waals surface area contributed by atoms with Gasteiger partial charge in [0.1, 0.15) is 6.04 Å². The Morgan fingerprint density at radius 2 is 1.78 bits per heavy atom. The molecule has 7 heteroatoms. The first-order chi connectivity index (χ1) is 15.5. The zero-order chi connectivity index (χ0) is 22.2. The molecule has 2 aromatic heterocycles. The zero-order valence-corrected chi connectivity index (χ0v) is 19.5. The molecule has 1 saturated heterocycles. The van der Waals surface area contributed by atoms with E-state index in [1.807, 2.05) is 4.68 Å². The number of piperidine rings is 1. The molecule has 0 radical (unpaired) electrons. The number of rotatable bonds is 4. The second kappa shape index (κ2) is 8.77. The van der Waals surface area contributed by atoms with Crippen molar-refractivity contribution in [3.8, 4) is 0 Å². The number of hydrogen-bond donors (Lipinski definition) is 1. The van der Waals surface area contributed by atoms with Crippen molar-refractivity contribution in [2.45, 2.75) is 77.8 Å². The number of tetrazole rings is 1. The van der Waals surface area contributed by atoms with Crippen LogP contribution in [0.3, 0.4) is 0 Å². The predicted molar refractivity (Wildman–Crippen MR) is 126 cm³/mol. The van der Waals surface area contributed by atoms with Crippen molar-refractivity contribution >= 4 is 10.9 Å². The Morgan fingerprint density at radius 3 is 2.53 bits per heavy atom. The van der Waals surface area contributed by atoms with Gasteiger partial charge in [-0.05, 0) is 92.0 Å². The van der Waals surface area contributed by atoms with Gasteiger partial charge in [-0.1, -0.05) is 37.8 Å². The molecule has 2 aliphatic rings. The Kier molecular flexibility index (Phi) is 5.84. The van der Waals surface area contributed by atoms with Gasteiger partial charge in [0.2, 0.25) is 0 Å². The summed E-state index contributed by atoms with van der Waals surface area (Å²) < 4.78 is 2.03. The molecule has 2 fully saturated rings. The molecular weight excluding hydrogens is 400 g/mol. The van der Waals surface area contributed by atoms with Crippen LogP contribution < -0.4 is 5.56 Å². The number of nitrogens with zero attached hydrogens (tertiary/aromatic N) is 5. The average molecular weight is 435 g/mol. The summed E-state index contributed by atoms with van der Waals surface area (Å²) in [5, 5.41) is 14.1. The monoisotopic (exact) mass is 434 g/mol. The van der Waals surface area contributed by atoms with Gasteiger partial charge in [0, 0.05) is 5.56 Å². The van der Waals surface area contributed by atoms with Gasteiger partial charge in [-0.15, -0.1) is 5.10 Å². The summed E-state index contributed by atoms with van der Waals surface area (Å²) >= 11 is 0. The number of aromatic amines is 1. The van der Waals surface area contributed by atoms with Gasteiger partial charge in [0.05, 0.1) is 11.6 Å². The quantitative estimate of drug-likeness (QED) is 0.656. The average Bonchev–Trinajstić information content (AvgIpc) is 3.26. The Morgan fingerprint density at radius 1 is 1.03 bits per heavy atom. The van der Waals surface area contributed by atoms with E-state index in [1.165, 1.54) is 24.8 Å². The molecule has 170 valence electrons. The number of aromatic nitrogens is 5. The fraction of sp³-hybridized carbons (Fsp3) is 0.600. The van der Waals surface area contributed by atoms with Gasteiger partial charge >= 0.3 is 0 Å². The molecule has 32 heavy (non-hydrogen) atoms. The van der Waals surface area contributed by atoms with E-state index in [-0.39, 0.29) is 11.6 Å². The number of aryl methyl sites for hydroxylation is 2. The van der Waals surface area contributed by atoms with E-state index in [2.05, 4.69) is 64.4 Å². The fourth-order valence-electron chi connectivity index (χ4n) is 5.66. The highest BCUT2D eigenvalue weighted by molar-refractivity contribution is 5.83. The van der Waals surface area contributed by atoms with Crippen LogP contribution in [0.5, 0.6) is 0 Å². The van der Waals surface area contributed by atoms with E-state index in [4.69, 9.17) is 0 Å². The Hall–Kier alpha value is -2.54. The van der Waals surface area contributed by atoms with Crippen LogP contribution in [0.1, 0.15) is 86.5 Å². The number of benzene rings is 1. The van der Waals surface area contributed by atoms with Crippen LogP contribution in [-0.4, -0.2) is 43.2 Å². The predicted octanol–water partition coefficient (Wildman–Crippen LogP) is 4.46. The van der Waals surface area contributed by atoms with E-state index in [0.29, 0.717) is 12.0 Å². The molecule has 1 atom stereocenters.